The summed E-state index contributed by atoms with van der Waals surface area (Å²) in [6.07, 6.45) is 3.07. The zero-order chi connectivity index (χ0) is 20.8. The maximum atomic E-state index is 12.8. The third-order valence-corrected chi connectivity index (χ3v) is 4.31. The van der Waals surface area contributed by atoms with Crippen molar-refractivity contribution in [2.24, 2.45) is 0 Å². The summed E-state index contributed by atoms with van der Waals surface area (Å²) in [4.78, 5) is 27.7. The Bertz CT molecular complexity index is 910. The minimum absolute atomic E-state index is 0.237. The highest BCUT2D eigenvalue weighted by Gasteiger charge is 2.21. The molecule has 7 nitrogen and oxygen atoms in total. The van der Waals surface area contributed by atoms with Crippen molar-refractivity contribution in [3.05, 3.63) is 46.3 Å². The zero-order valence-electron chi connectivity index (χ0n) is 17.0. The van der Waals surface area contributed by atoms with E-state index < -0.39 is 5.97 Å². The number of hydrogen-bond donors (Lipinski definition) is 1. The predicted octanol–water partition coefficient (Wildman–Crippen LogP) is 3.73. The molecule has 1 heterocycles. The van der Waals surface area contributed by atoms with Gasteiger partial charge in [0.1, 0.15) is 5.69 Å². The van der Waals surface area contributed by atoms with E-state index >= 15 is 0 Å². The van der Waals surface area contributed by atoms with E-state index in [9.17, 15) is 9.59 Å². The minimum Gasteiger partial charge on any atom is -0.493 e. The summed E-state index contributed by atoms with van der Waals surface area (Å²) in [6.45, 7) is 5.45. The molecule has 0 radical (unpaired) electrons. The van der Waals surface area contributed by atoms with Crippen LogP contribution in [0.1, 0.15) is 44.6 Å². The Morgan fingerprint density at radius 2 is 1.71 bits per heavy atom. The number of aromatic nitrogens is 1. The van der Waals surface area contributed by atoms with Crippen LogP contribution in [-0.4, -0.2) is 44.7 Å². The molecule has 1 aromatic heterocycles. The average molecular weight is 387 g/mol. The smallest absolute Gasteiger partial charge is 0.355 e. The fraction of sp³-hybridized carbons (Fsp3) is 0.333. The van der Waals surface area contributed by atoms with Crippen LogP contribution in [0.3, 0.4) is 0 Å². The lowest BCUT2D eigenvalue weighted by molar-refractivity contribution is 0.0519. The Hall–Kier alpha value is -3.22. The van der Waals surface area contributed by atoms with Crippen molar-refractivity contribution in [3.63, 3.8) is 0 Å². The fourth-order valence-electron chi connectivity index (χ4n) is 3.03. The monoisotopic (exact) mass is 387 g/mol. The number of aromatic amines is 1. The Morgan fingerprint density at radius 3 is 2.29 bits per heavy atom. The number of H-pyrrole nitrogens is 1. The highest BCUT2D eigenvalue weighted by Crippen LogP contribution is 2.40. The summed E-state index contributed by atoms with van der Waals surface area (Å²) >= 11 is 0. The second-order valence-corrected chi connectivity index (χ2v) is 5.97. The number of ketones is 1. The van der Waals surface area contributed by atoms with Crippen LogP contribution >= 0.6 is 0 Å². The van der Waals surface area contributed by atoms with Crippen molar-refractivity contribution in [1.82, 2.24) is 4.98 Å². The van der Waals surface area contributed by atoms with Gasteiger partial charge in [-0.2, -0.15) is 0 Å². The number of carbonyl (C=O) groups is 2. The van der Waals surface area contributed by atoms with Crippen molar-refractivity contribution < 1.29 is 28.5 Å². The lowest BCUT2D eigenvalue weighted by atomic mass is 10.0. The summed E-state index contributed by atoms with van der Waals surface area (Å²) in [6, 6.07) is 3.50. The molecule has 0 saturated heterocycles. The van der Waals surface area contributed by atoms with Crippen molar-refractivity contribution in [2.75, 3.05) is 27.9 Å². The number of nitrogens with one attached hydrogen (secondary N) is 1. The van der Waals surface area contributed by atoms with E-state index in [4.69, 9.17) is 18.9 Å². The van der Waals surface area contributed by atoms with E-state index in [-0.39, 0.29) is 12.4 Å². The maximum absolute atomic E-state index is 12.8. The van der Waals surface area contributed by atoms with Gasteiger partial charge in [0.2, 0.25) is 5.75 Å². The minimum atomic E-state index is -0.479. The number of methoxy groups -OCH3 is 3. The van der Waals surface area contributed by atoms with Crippen molar-refractivity contribution >= 4 is 17.8 Å². The number of esters is 1. The number of ether oxygens (including phenoxy) is 4. The predicted molar refractivity (Wildman–Crippen MR) is 106 cm³/mol. The molecule has 0 unspecified atom stereocenters. The van der Waals surface area contributed by atoms with Crippen LogP contribution in [0.15, 0.2) is 18.2 Å². The van der Waals surface area contributed by atoms with Crippen molar-refractivity contribution in [1.29, 1.82) is 0 Å². The lowest BCUT2D eigenvalue weighted by Crippen LogP contribution is -2.07. The van der Waals surface area contributed by atoms with Gasteiger partial charge in [0.25, 0.3) is 0 Å². The van der Waals surface area contributed by atoms with Gasteiger partial charge in [-0.1, -0.05) is 0 Å². The van der Waals surface area contributed by atoms with Gasteiger partial charge in [-0.25, -0.2) is 4.79 Å². The first kappa shape index (κ1) is 21.1. The molecule has 7 heteroatoms. The van der Waals surface area contributed by atoms with E-state index in [1.54, 1.807) is 39.0 Å². The number of allylic oxidation sites excluding steroid dienone is 1. The lowest BCUT2D eigenvalue weighted by Gasteiger charge is -2.13. The summed E-state index contributed by atoms with van der Waals surface area (Å²) in [5, 5.41) is 0. The normalized spacial score (nSPS) is 10.8. The van der Waals surface area contributed by atoms with Crippen LogP contribution in [-0.2, 0) is 4.74 Å². The Balaban J connectivity index is 2.38. The van der Waals surface area contributed by atoms with E-state index in [0.29, 0.717) is 45.3 Å². The third-order valence-electron chi connectivity index (χ3n) is 4.31. The Morgan fingerprint density at radius 1 is 1.04 bits per heavy atom. The highest BCUT2D eigenvalue weighted by atomic mass is 16.5. The van der Waals surface area contributed by atoms with Crippen LogP contribution in [0.5, 0.6) is 17.2 Å². The number of rotatable bonds is 8. The molecule has 28 heavy (non-hydrogen) atoms. The molecule has 2 aromatic rings. The zero-order valence-corrected chi connectivity index (χ0v) is 17.0. The summed E-state index contributed by atoms with van der Waals surface area (Å²) in [7, 11) is 4.57. The quantitative estimate of drug-likeness (QED) is 0.422. The molecule has 1 N–H and O–H groups in total. The summed E-state index contributed by atoms with van der Waals surface area (Å²) < 4.78 is 21.1. The molecule has 0 bridgehead atoms. The van der Waals surface area contributed by atoms with Crippen LogP contribution in [0.4, 0.5) is 0 Å². The first-order valence-corrected chi connectivity index (χ1v) is 8.77. The van der Waals surface area contributed by atoms with Crippen LogP contribution in [0.25, 0.3) is 6.08 Å². The van der Waals surface area contributed by atoms with E-state index in [2.05, 4.69) is 4.98 Å². The molecule has 2 rings (SSSR count). The molecular formula is C21H25NO6. The van der Waals surface area contributed by atoms with Gasteiger partial charge in [0, 0.05) is 16.8 Å². The molecule has 0 amide bonds. The largest absolute Gasteiger partial charge is 0.493 e. The molecule has 0 aliphatic heterocycles. The Kier molecular flexibility index (Phi) is 6.87. The van der Waals surface area contributed by atoms with E-state index in [0.717, 1.165) is 0 Å². The van der Waals surface area contributed by atoms with E-state index in [1.165, 1.54) is 27.4 Å². The van der Waals surface area contributed by atoms with Gasteiger partial charge >= 0.3 is 5.97 Å². The molecule has 0 saturated carbocycles. The fourth-order valence-corrected chi connectivity index (χ4v) is 3.03. The molecule has 0 fully saturated rings. The van der Waals surface area contributed by atoms with Gasteiger partial charge in [0.05, 0.1) is 27.9 Å². The van der Waals surface area contributed by atoms with Crippen LogP contribution in [0.2, 0.25) is 0 Å². The molecule has 0 atom stereocenters. The SMILES string of the molecule is CCOC(=O)c1[nH]c(C)c(C(=O)C=Cc2ccc(OC)c(OC)c2OC)c1C. The van der Waals surface area contributed by atoms with Crippen LogP contribution < -0.4 is 14.2 Å². The second-order valence-electron chi connectivity index (χ2n) is 5.97. The topological polar surface area (TPSA) is 86.9 Å². The standard InChI is InChI=1S/C21H25NO6/c1-7-28-21(24)18-12(2)17(13(3)22-18)15(23)10-8-14-9-11-16(25-4)20(27-6)19(14)26-5/h8-11,22H,7H2,1-6H3. The van der Waals surface area contributed by atoms with Crippen molar-refractivity contribution in [3.8, 4) is 17.2 Å². The molecule has 0 aliphatic carbocycles. The van der Waals surface area contributed by atoms with Crippen LogP contribution in [0, 0.1) is 13.8 Å². The number of aryl methyl sites for hydroxylation is 1. The molecular weight excluding hydrogens is 362 g/mol. The van der Waals surface area contributed by atoms with E-state index in [1.807, 2.05) is 0 Å². The first-order valence-electron chi connectivity index (χ1n) is 8.77. The average Bonchev–Trinajstić information content (AvgIpc) is 2.99. The summed E-state index contributed by atoms with van der Waals surface area (Å²) in [5.74, 6) is 0.712. The van der Waals surface area contributed by atoms with Gasteiger partial charge in [-0.05, 0) is 50.6 Å². The Labute approximate surface area is 164 Å². The first-order chi connectivity index (χ1) is 13.4. The summed E-state index contributed by atoms with van der Waals surface area (Å²) in [5.41, 5.74) is 2.56. The van der Waals surface area contributed by atoms with Gasteiger partial charge in [-0.3, -0.25) is 4.79 Å². The number of benzene rings is 1. The third kappa shape index (κ3) is 4.03. The molecule has 0 spiro atoms. The maximum Gasteiger partial charge on any atom is 0.355 e. The molecule has 1 aromatic carbocycles. The second kappa shape index (κ2) is 9.12. The molecule has 0 aliphatic rings. The molecule has 150 valence electrons. The van der Waals surface area contributed by atoms with Gasteiger partial charge in [0.15, 0.2) is 17.3 Å². The highest BCUT2D eigenvalue weighted by molar-refractivity contribution is 6.10. The number of carbonyl (C=O) groups excluding carboxylic acids is 2. The van der Waals surface area contributed by atoms with Gasteiger partial charge < -0.3 is 23.9 Å². The van der Waals surface area contributed by atoms with Gasteiger partial charge in [-0.15, -0.1) is 0 Å². The number of hydrogen-bond acceptors (Lipinski definition) is 6. The van der Waals surface area contributed by atoms with Crippen molar-refractivity contribution in [2.45, 2.75) is 20.8 Å².